The van der Waals surface area contributed by atoms with Crippen molar-refractivity contribution in [2.24, 2.45) is 0 Å². The van der Waals surface area contributed by atoms with Crippen molar-refractivity contribution in [2.75, 3.05) is 0 Å². The third kappa shape index (κ3) is 3.33. The average molecular weight is 353 g/mol. The molecule has 2 N–H and O–H groups in total. The maximum atomic E-state index is 11.0. The van der Waals surface area contributed by atoms with E-state index in [0.29, 0.717) is 0 Å². The standard InChI is InChI=1S/C17H14Cl2O4/c1-17(2,9-3-5-11(15(20)21)13(18)7-9)10-4-6-12(16(22)23)14(19)8-10/h3-8H,1-2H3,(H,20,21)(H,22,23). The van der Waals surface area contributed by atoms with E-state index in [1.165, 1.54) is 12.1 Å². The highest BCUT2D eigenvalue weighted by Gasteiger charge is 2.26. The molecule has 0 fully saturated rings. The van der Waals surface area contributed by atoms with Gasteiger partial charge in [-0.2, -0.15) is 0 Å². The fraction of sp³-hybridized carbons (Fsp3) is 0.176. The zero-order valence-corrected chi connectivity index (χ0v) is 13.9. The fourth-order valence-electron chi connectivity index (χ4n) is 2.32. The molecule has 23 heavy (non-hydrogen) atoms. The van der Waals surface area contributed by atoms with Gasteiger partial charge in [-0.15, -0.1) is 0 Å². The van der Waals surface area contributed by atoms with E-state index >= 15 is 0 Å². The van der Waals surface area contributed by atoms with Gasteiger partial charge in [0.2, 0.25) is 0 Å². The third-order valence-corrected chi connectivity index (χ3v) is 4.47. The molecule has 2 aromatic carbocycles. The molecular formula is C17H14Cl2O4. The van der Waals surface area contributed by atoms with Crippen LogP contribution >= 0.6 is 23.2 Å². The van der Waals surface area contributed by atoms with Crippen molar-refractivity contribution in [1.29, 1.82) is 0 Å². The number of carboxylic acids is 2. The molecule has 120 valence electrons. The van der Waals surface area contributed by atoms with Crippen molar-refractivity contribution in [3.05, 3.63) is 68.7 Å². The summed E-state index contributed by atoms with van der Waals surface area (Å²) in [6.45, 7) is 3.84. The Morgan fingerprint density at radius 1 is 0.826 bits per heavy atom. The van der Waals surface area contributed by atoms with Gasteiger partial charge >= 0.3 is 11.9 Å². The quantitative estimate of drug-likeness (QED) is 0.834. The first-order chi connectivity index (χ1) is 10.6. The van der Waals surface area contributed by atoms with E-state index in [1.54, 1.807) is 24.3 Å². The van der Waals surface area contributed by atoms with Crippen LogP contribution in [0.1, 0.15) is 45.7 Å². The third-order valence-electron chi connectivity index (χ3n) is 3.84. The zero-order valence-electron chi connectivity index (χ0n) is 12.4. The number of aromatic carboxylic acids is 2. The number of carboxylic acid groups (broad SMARTS) is 2. The van der Waals surface area contributed by atoms with Crippen molar-refractivity contribution in [2.45, 2.75) is 19.3 Å². The van der Waals surface area contributed by atoms with E-state index < -0.39 is 17.4 Å². The van der Waals surface area contributed by atoms with E-state index in [1.807, 2.05) is 13.8 Å². The second kappa shape index (κ2) is 6.22. The topological polar surface area (TPSA) is 74.6 Å². The van der Waals surface area contributed by atoms with Crippen LogP contribution in [0.3, 0.4) is 0 Å². The highest BCUT2D eigenvalue weighted by atomic mass is 35.5. The van der Waals surface area contributed by atoms with Gasteiger partial charge < -0.3 is 10.2 Å². The molecule has 0 amide bonds. The van der Waals surface area contributed by atoms with E-state index in [4.69, 9.17) is 33.4 Å². The second-order valence-corrected chi connectivity index (χ2v) is 6.44. The normalized spacial score (nSPS) is 11.3. The summed E-state index contributed by atoms with van der Waals surface area (Å²) >= 11 is 12.1. The molecule has 0 aliphatic rings. The van der Waals surface area contributed by atoms with Gasteiger partial charge in [0.15, 0.2) is 0 Å². The van der Waals surface area contributed by atoms with Crippen LogP contribution < -0.4 is 0 Å². The summed E-state index contributed by atoms with van der Waals surface area (Å²) in [5.74, 6) is -2.18. The maximum Gasteiger partial charge on any atom is 0.337 e. The van der Waals surface area contributed by atoms with Crippen LogP contribution in [-0.4, -0.2) is 22.2 Å². The summed E-state index contributed by atoms with van der Waals surface area (Å²) in [7, 11) is 0. The molecule has 0 radical (unpaired) electrons. The van der Waals surface area contributed by atoms with E-state index in [0.717, 1.165) is 11.1 Å². The van der Waals surface area contributed by atoms with Crippen molar-refractivity contribution < 1.29 is 19.8 Å². The molecule has 0 bridgehead atoms. The van der Waals surface area contributed by atoms with Gasteiger partial charge in [0.05, 0.1) is 21.2 Å². The molecule has 0 spiro atoms. The molecule has 0 atom stereocenters. The summed E-state index contributed by atoms with van der Waals surface area (Å²) < 4.78 is 0. The van der Waals surface area contributed by atoms with Crippen LogP contribution in [0.5, 0.6) is 0 Å². The van der Waals surface area contributed by atoms with Gasteiger partial charge in [0.1, 0.15) is 0 Å². The number of hydrogen-bond acceptors (Lipinski definition) is 2. The van der Waals surface area contributed by atoms with Gasteiger partial charge in [0.25, 0.3) is 0 Å². The number of rotatable bonds is 4. The van der Waals surface area contributed by atoms with Crippen molar-refractivity contribution >= 4 is 35.1 Å². The molecule has 4 nitrogen and oxygen atoms in total. The molecular weight excluding hydrogens is 339 g/mol. The summed E-state index contributed by atoms with van der Waals surface area (Å²) in [5.41, 5.74) is 1.13. The van der Waals surface area contributed by atoms with Gasteiger partial charge in [-0.1, -0.05) is 49.2 Å². The molecule has 0 aromatic heterocycles. The highest BCUT2D eigenvalue weighted by molar-refractivity contribution is 6.34. The Morgan fingerprint density at radius 2 is 1.17 bits per heavy atom. The average Bonchev–Trinajstić information content (AvgIpc) is 2.46. The van der Waals surface area contributed by atoms with Crippen LogP contribution in [-0.2, 0) is 5.41 Å². The predicted molar refractivity (Wildman–Crippen MR) is 89.0 cm³/mol. The molecule has 2 rings (SSSR count). The molecule has 0 saturated heterocycles. The summed E-state index contributed by atoms with van der Waals surface area (Å²) in [5, 5.41) is 18.4. The number of carbonyl (C=O) groups is 2. The number of benzene rings is 2. The lowest BCUT2D eigenvalue weighted by atomic mass is 9.77. The predicted octanol–water partition coefficient (Wildman–Crippen LogP) is 4.72. The first kappa shape index (κ1) is 17.3. The van der Waals surface area contributed by atoms with E-state index in [2.05, 4.69) is 0 Å². The first-order valence-corrected chi connectivity index (χ1v) is 7.47. The Bertz CT molecular complexity index is 732. The van der Waals surface area contributed by atoms with Crippen LogP contribution in [0.15, 0.2) is 36.4 Å². The van der Waals surface area contributed by atoms with E-state index in [-0.39, 0.29) is 21.2 Å². The Kier molecular flexibility index (Phi) is 4.68. The Hall–Kier alpha value is -2.04. The molecule has 2 aromatic rings. The summed E-state index contributed by atoms with van der Waals surface area (Å²) in [6, 6.07) is 9.49. The lowest BCUT2D eigenvalue weighted by Gasteiger charge is -2.27. The number of hydrogen-bond donors (Lipinski definition) is 2. The van der Waals surface area contributed by atoms with Gasteiger partial charge in [-0.05, 0) is 35.4 Å². The largest absolute Gasteiger partial charge is 0.478 e. The minimum Gasteiger partial charge on any atom is -0.478 e. The monoisotopic (exact) mass is 352 g/mol. The Morgan fingerprint density at radius 3 is 1.43 bits per heavy atom. The number of halogens is 2. The van der Waals surface area contributed by atoms with Crippen molar-refractivity contribution in [3.63, 3.8) is 0 Å². The fourth-order valence-corrected chi connectivity index (χ4v) is 2.84. The molecule has 0 unspecified atom stereocenters. The molecule has 0 saturated carbocycles. The molecule has 0 heterocycles. The van der Waals surface area contributed by atoms with Crippen LogP contribution in [0.25, 0.3) is 0 Å². The Balaban J connectivity index is 2.50. The van der Waals surface area contributed by atoms with Crippen LogP contribution in [0, 0.1) is 0 Å². The van der Waals surface area contributed by atoms with Crippen molar-refractivity contribution in [3.8, 4) is 0 Å². The molecule has 0 aliphatic carbocycles. The Labute approximate surface area is 143 Å². The summed E-state index contributed by atoms with van der Waals surface area (Å²) in [6.07, 6.45) is 0. The smallest absolute Gasteiger partial charge is 0.337 e. The zero-order chi connectivity index (χ0) is 17.4. The minimum atomic E-state index is -1.09. The van der Waals surface area contributed by atoms with Gasteiger partial charge in [-0.25, -0.2) is 9.59 Å². The second-order valence-electron chi connectivity index (χ2n) is 5.62. The van der Waals surface area contributed by atoms with Gasteiger partial charge in [0, 0.05) is 5.41 Å². The first-order valence-electron chi connectivity index (χ1n) is 6.71. The molecule has 0 aliphatic heterocycles. The van der Waals surface area contributed by atoms with Crippen molar-refractivity contribution in [1.82, 2.24) is 0 Å². The van der Waals surface area contributed by atoms with Crippen LogP contribution in [0.2, 0.25) is 10.0 Å². The summed E-state index contributed by atoms with van der Waals surface area (Å²) in [4.78, 5) is 22.1. The van der Waals surface area contributed by atoms with E-state index in [9.17, 15) is 9.59 Å². The lowest BCUT2D eigenvalue weighted by Crippen LogP contribution is -2.19. The lowest BCUT2D eigenvalue weighted by molar-refractivity contribution is 0.0686. The minimum absolute atomic E-state index is 0.0328. The van der Waals surface area contributed by atoms with Gasteiger partial charge in [-0.3, -0.25) is 0 Å². The highest BCUT2D eigenvalue weighted by Crippen LogP contribution is 2.35. The molecule has 6 heteroatoms. The SMILES string of the molecule is CC(C)(c1ccc(C(=O)O)c(Cl)c1)c1ccc(C(=O)O)c(Cl)c1. The van der Waals surface area contributed by atoms with Crippen LogP contribution in [0.4, 0.5) is 0 Å². The maximum absolute atomic E-state index is 11.0.